The summed E-state index contributed by atoms with van der Waals surface area (Å²) >= 11 is 1.06. The number of nitrogens with zero attached hydrogens (tertiary/aromatic N) is 1. The molecule has 8 heteroatoms. The van der Waals surface area contributed by atoms with Crippen LogP contribution in [0, 0.1) is 11.2 Å². The predicted octanol–water partition coefficient (Wildman–Crippen LogP) is 3.06. The Morgan fingerprint density at radius 1 is 1.48 bits per heavy atom. The SMILES string of the molecule is COC(=O)/N=C(\SC)C(=N)c1cc(OC)c2c(c1F)CCCO2. The highest BCUT2D eigenvalue weighted by atomic mass is 32.2. The fourth-order valence-electron chi connectivity index (χ4n) is 2.26. The lowest BCUT2D eigenvalue weighted by molar-refractivity contribution is 0.183. The Kier molecular flexibility index (Phi) is 5.59. The molecule has 0 fully saturated rings. The van der Waals surface area contributed by atoms with Gasteiger partial charge in [-0.1, -0.05) is 0 Å². The number of methoxy groups -OCH3 is 2. The van der Waals surface area contributed by atoms with E-state index in [9.17, 15) is 9.18 Å². The van der Waals surface area contributed by atoms with Crippen LogP contribution in [0.4, 0.5) is 9.18 Å². The summed E-state index contributed by atoms with van der Waals surface area (Å²) < 4.78 is 30.0. The Morgan fingerprint density at radius 3 is 2.83 bits per heavy atom. The molecule has 1 aliphatic heterocycles. The van der Waals surface area contributed by atoms with Gasteiger partial charge in [0.2, 0.25) is 0 Å². The zero-order valence-electron chi connectivity index (χ0n) is 13.1. The highest BCUT2D eigenvalue weighted by Gasteiger charge is 2.26. The number of hydrogen-bond donors (Lipinski definition) is 1. The molecule has 0 unspecified atom stereocenters. The summed E-state index contributed by atoms with van der Waals surface area (Å²) in [5.41, 5.74) is 0.198. The Balaban J connectivity index is 2.52. The van der Waals surface area contributed by atoms with Crippen LogP contribution in [-0.4, -0.2) is 43.9 Å². The van der Waals surface area contributed by atoms with Crippen molar-refractivity contribution in [2.24, 2.45) is 4.99 Å². The Labute approximate surface area is 137 Å². The quantitative estimate of drug-likeness (QED) is 0.675. The van der Waals surface area contributed by atoms with E-state index >= 15 is 0 Å². The first-order chi connectivity index (χ1) is 11.0. The van der Waals surface area contributed by atoms with Crippen LogP contribution in [0.25, 0.3) is 0 Å². The number of hydrogen-bond acceptors (Lipinski definition) is 6. The molecule has 1 amide bonds. The zero-order valence-corrected chi connectivity index (χ0v) is 13.9. The van der Waals surface area contributed by atoms with Crippen LogP contribution >= 0.6 is 11.8 Å². The third-order valence-electron chi connectivity index (χ3n) is 3.36. The lowest BCUT2D eigenvalue weighted by atomic mass is 9.99. The van der Waals surface area contributed by atoms with E-state index in [-0.39, 0.29) is 16.3 Å². The highest BCUT2D eigenvalue weighted by Crippen LogP contribution is 2.38. The number of fused-ring (bicyclic) bond motifs is 1. The molecule has 1 heterocycles. The number of halogens is 1. The maximum Gasteiger partial charge on any atom is 0.434 e. The van der Waals surface area contributed by atoms with Crippen molar-refractivity contribution in [1.29, 1.82) is 5.41 Å². The van der Waals surface area contributed by atoms with Gasteiger partial charge in [-0.05, 0) is 25.2 Å². The molecule has 0 spiro atoms. The molecule has 0 aromatic heterocycles. The molecule has 6 nitrogen and oxygen atoms in total. The molecule has 0 saturated carbocycles. The minimum absolute atomic E-state index is 0.0168. The molecule has 1 aliphatic rings. The van der Waals surface area contributed by atoms with E-state index in [0.717, 1.165) is 11.8 Å². The first-order valence-corrected chi connectivity index (χ1v) is 8.08. The van der Waals surface area contributed by atoms with Crippen LogP contribution in [0.3, 0.4) is 0 Å². The Morgan fingerprint density at radius 2 is 2.22 bits per heavy atom. The van der Waals surface area contributed by atoms with Gasteiger partial charge < -0.3 is 14.2 Å². The van der Waals surface area contributed by atoms with Gasteiger partial charge in [0.1, 0.15) is 10.9 Å². The Bertz CT molecular complexity index is 676. The summed E-state index contributed by atoms with van der Waals surface area (Å²) in [6.45, 7) is 0.499. The van der Waals surface area contributed by atoms with Gasteiger partial charge in [-0.3, -0.25) is 5.41 Å². The summed E-state index contributed by atoms with van der Waals surface area (Å²) in [5.74, 6) is 0.194. The van der Waals surface area contributed by atoms with E-state index in [1.54, 1.807) is 6.26 Å². The first-order valence-electron chi connectivity index (χ1n) is 6.85. The molecule has 1 N–H and O–H groups in total. The van der Waals surface area contributed by atoms with E-state index in [2.05, 4.69) is 9.73 Å². The average molecular weight is 340 g/mol. The van der Waals surface area contributed by atoms with E-state index in [4.69, 9.17) is 14.9 Å². The molecule has 0 atom stereocenters. The van der Waals surface area contributed by atoms with Gasteiger partial charge in [-0.2, -0.15) is 4.99 Å². The van der Waals surface area contributed by atoms with Crippen molar-refractivity contribution in [2.75, 3.05) is 27.1 Å². The second-order valence-corrected chi connectivity index (χ2v) is 5.46. The molecular weight excluding hydrogens is 323 g/mol. The number of thioether (sulfide) groups is 1. The largest absolute Gasteiger partial charge is 0.493 e. The van der Waals surface area contributed by atoms with Gasteiger partial charge in [0.05, 0.1) is 26.5 Å². The summed E-state index contributed by atoms with van der Waals surface area (Å²) in [5, 5.41) is 8.25. The number of carbonyl (C=O) groups is 1. The van der Waals surface area contributed by atoms with Gasteiger partial charge in [0.25, 0.3) is 0 Å². The van der Waals surface area contributed by atoms with Crippen LogP contribution < -0.4 is 9.47 Å². The second-order valence-electron chi connectivity index (χ2n) is 4.67. The summed E-state index contributed by atoms with van der Waals surface area (Å²) in [6, 6.07) is 1.39. The van der Waals surface area contributed by atoms with Gasteiger partial charge >= 0.3 is 6.09 Å². The molecule has 1 aromatic carbocycles. The van der Waals surface area contributed by atoms with Crippen molar-refractivity contribution in [3.63, 3.8) is 0 Å². The molecular formula is C15H17FN2O4S. The van der Waals surface area contributed by atoms with Gasteiger partial charge in [0, 0.05) is 11.1 Å². The number of nitrogens with one attached hydrogen (secondary N) is 1. The van der Waals surface area contributed by atoms with E-state index in [1.807, 2.05) is 0 Å². The zero-order chi connectivity index (χ0) is 17.0. The van der Waals surface area contributed by atoms with Gasteiger partial charge in [0.15, 0.2) is 11.5 Å². The summed E-state index contributed by atoms with van der Waals surface area (Å²) in [6.07, 6.45) is 2.00. The van der Waals surface area contributed by atoms with Crippen molar-refractivity contribution in [3.05, 3.63) is 23.0 Å². The fourth-order valence-corrected chi connectivity index (χ4v) is 2.74. The number of amides is 1. The number of aliphatic imine (C=N–C) groups is 1. The van der Waals surface area contributed by atoms with Crippen molar-refractivity contribution in [2.45, 2.75) is 12.8 Å². The molecule has 1 aromatic rings. The second kappa shape index (κ2) is 7.45. The highest BCUT2D eigenvalue weighted by molar-refractivity contribution is 8.15. The molecule has 0 radical (unpaired) electrons. The van der Waals surface area contributed by atoms with Crippen LogP contribution in [0.15, 0.2) is 11.1 Å². The number of carbonyl (C=O) groups excluding carboxylic acids is 1. The topological polar surface area (TPSA) is 81.0 Å². The number of benzene rings is 1. The number of ether oxygens (including phenoxy) is 3. The van der Waals surface area contributed by atoms with Crippen molar-refractivity contribution in [1.82, 2.24) is 0 Å². The average Bonchev–Trinajstić information content (AvgIpc) is 2.59. The third kappa shape index (κ3) is 3.47. The van der Waals surface area contributed by atoms with E-state index < -0.39 is 11.9 Å². The van der Waals surface area contributed by atoms with E-state index in [0.29, 0.717) is 36.5 Å². The standard InChI is InChI=1S/C15H17FN2O4S/c1-20-10-7-9(11(16)8-5-4-6-22-13(8)10)12(17)14(23-3)18-15(19)21-2/h7,17H,4-6H2,1-3H3/b17-12?,18-14-. The molecule has 124 valence electrons. The van der Waals surface area contributed by atoms with Crippen LogP contribution in [0.1, 0.15) is 17.5 Å². The van der Waals surface area contributed by atoms with Gasteiger partial charge in [-0.25, -0.2) is 9.18 Å². The molecule has 0 bridgehead atoms. The minimum atomic E-state index is -0.840. The van der Waals surface area contributed by atoms with Gasteiger partial charge in [-0.15, -0.1) is 11.8 Å². The smallest absolute Gasteiger partial charge is 0.434 e. The summed E-state index contributed by atoms with van der Waals surface area (Å²) in [4.78, 5) is 15.0. The maximum atomic E-state index is 14.8. The lowest BCUT2D eigenvalue weighted by Gasteiger charge is -2.22. The maximum absolute atomic E-state index is 14.8. The molecule has 2 rings (SSSR count). The van der Waals surface area contributed by atoms with Crippen LogP contribution in [-0.2, 0) is 11.2 Å². The van der Waals surface area contributed by atoms with Crippen molar-refractivity contribution in [3.8, 4) is 11.5 Å². The summed E-state index contributed by atoms with van der Waals surface area (Å²) in [7, 11) is 2.64. The Hall–Kier alpha value is -2.09. The third-order valence-corrected chi connectivity index (χ3v) is 4.04. The molecule has 23 heavy (non-hydrogen) atoms. The first kappa shape index (κ1) is 17.3. The normalized spacial score (nSPS) is 13.8. The van der Waals surface area contributed by atoms with E-state index in [1.165, 1.54) is 20.3 Å². The van der Waals surface area contributed by atoms with Crippen LogP contribution in [0.5, 0.6) is 11.5 Å². The molecule has 0 aliphatic carbocycles. The fraction of sp³-hybridized carbons (Fsp3) is 0.400. The lowest BCUT2D eigenvalue weighted by Crippen LogP contribution is -2.18. The van der Waals surface area contributed by atoms with Crippen molar-refractivity contribution >= 4 is 28.6 Å². The predicted molar refractivity (Wildman–Crippen MR) is 87.0 cm³/mol. The van der Waals surface area contributed by atoms with Crippen molar-refractivity contribution < 1.29 is 23.4 Å². The number of rotatable bonds is 3. The minimum Gasteiger partial charge on any atom is -0.493 e. The monoisotopic (exact) mass is 340 g/mol. The molecule has 0 saturated heterocycles. The van der Waals surface area contributed by atoms with Crippen LogP contribution in [0.2, 0.25) is 0 Å².